The summed E-state index contributed by atoms with van der Waals surface area (Å²) in [6.45, 7) is 4.94. The van der Waals surface area contributed by atoms with Gasteiger partial charge in [-0.05, 0) is 26.0 Å². The fourth-order valence-electron chi connectivity index (χ4n) is 1.25. The molecule has 0 radical (unpaired) electrons. The van der Waals surface area contributed by atoms with Gasteiger partial charge in [0, 0.05) is 25.1 Å². The van der Waals surface area contributed by atoms with Crippen LogP contribution in [0, 0.1) is 0 Å². The third-order valence-electron chi connectivity index (χ3n) is 1.90. The molecule has 1 rings (SSSR count). The maximum atomic E-state index is 5.69. The third-order valence-corrected chi connectivity index (χ3v) is 2.25. The first-order chi connectivity index (χ1) is 7.15. The summed E-state index contributed by atoms with van der Waals surface area (Å²) < 4.78 is 5.69. The number of hydrogen-bond donors (Lipinski definition) is 0. The molecule has 15 heavy (non-hydrogen) atoms. The number of nitrogens with zero attached hydrogens (tertiary/aromatic N) is 2. The SMILES string of the molecule is CC(C)Oc1cccnc1N(C)CCBr. The molecule has 1 heterocycles. The molecular weight excluding hydrogens is 256 g/mol. The van der Waals surface area contributed by atoms with Gasteiger partial charge in [-0.25, -0.2) is 4.98 Å². The lowest BCUT2D eigenvalue weighted by Gasteiger charge is -2.21. The summed E-state index contributed by atoms with van der Waals surface area (Å²) in [6.07, 6.45) is 1.96. The van der Waals surface area contributed by atoms with E-state index < -0.39 is 0 Å². The molecule has 0 fully saturated rings. The monoisotopic (exact) mass is 272 g/mol. The number of rotatable bonds is 5. The van der Waals surface area contributed by atoms with E-state index in [9.17, 15) is 0 Å². The van der Waals surface area contributed by atoms with Gasteiger partial charge < -0.3 is 9.64 Å². The highest BCUT2D eigenvalue weighted by Crippen LogP contribution is 2.25. The second-order valence-corrected chi connectivity index (χ2v) is 4.40. The van der Waals surface area contributed by atoms with Crippen molar-refractivity contribution in [1.29, 1.82) is 0 Å². The Hall–Kier alpha value is -0.770. The van der Waals surface area contributed by atoms with E-state index in [0.717, 1.165) is 23.4 Å². The summed E-state index contributed by atoms with van der Waals surface area (Å²) in [4.78, 5) is 6.41. The Morgan fingerprint density at radius 3 is 2.87 bits per heavy atom. The number of aromatic nitrogens is 1. The molecule has 0 N–H and O–H groups in total. The lowest BCUT2D eigenvalue weighted by Crippen LogP contribution is -2.22. The number of halogens is 1. The Bertz CT molecular complexity index is 304. The summed E-state index contributed by atoms with van der Waals surface area (Å²) >= 11 is 3.41. The number of ether oxygens (including phenoxy) is 1. The van der Waals surface area contributed by atoms with Crippen LogP contribution in [-0.2, 0) is 0 Å². The van der Waals surface area contributed by atoms with E-state index in [1.807, 2.05) is 33.0 Å². The minimum Gasteiger partial charge on any atom is -0.487 e. The molecule has 0 aliphatic carbocycles. The van der Waals surface area contributed by atoms with Gasteiger partial charge in [0.2, 0.25) is 0 Å². The first-order valence-corrected chi connectivity index (χ1v) is 6.16. The van der Waals surface area contributed by atoms with Crippen LogP contribution >= 0.6 is 15.9 Å². The van der Waals surface area contributed by atoms with Crippen molar-refractivity contribution in [3.05, 3.63) is 18.3 Å². The molecule has 0 aliphatic rings. The molecule has 0 spiro atoms. The fraction of sp³-hybridized carbons (Fsp3) is 0.545. The molecule has 0 aromatic carbocycles. The highest BCUT2D eigenvalue weighted by Gasteiger charge is 2.10. The molecule has 0 aliphatic heterocycles. The Balaban J connectivity index is 2.85. The summed E-state index contributed by atoms with van der Waals surface area (Å²) in [6, 6.07) is 3.84. The zero-order valence-corrected chi connectivity index (χ0v) is 11.0. The van der Waals surface area contributed by atoms with Crippen LogP contribution < -0.4 is 9.64 Å². The fourth-order valence-corrected chi connectivity index (χ4v) is 1.78. The zero-order chi connectivity index (χ0) is 11.3. The van der Waals surface area contributed by atoms with Gasteiger partial charge in [0.05, 0.1) is 6.10 Å². The minimum atomic E-state index is 0.172. The van der Waals surface area contributed by atoms with Gasteiger partial charge in [0.25, 0.3) is 0 Å². The average Bonchev–Trinajstić information content (AvgIpc) is 2.18. The van der Waals surface area contributed by atoms with Crippen LogP contribution in [-0.4, -0.2) is 30.0 Å². The number of alkyl halides is 1. The molecule has 0 amide bonds. The smallest absolute Gasteiger partial charge is 0.171 e. The first-order valence-electron chi connectivity index (χ1n) is 5.04. The van der Waals surface area contributed by atoms with Crippen LogP contribution in [0.1, 0.15) is 13.8 Å². The van der Waals surface area contributed by atoms with Crippen LogP contribution in [0.4, 0.5) is 5.82 Å². The van der Waals surface area contributed by atoms with Gasteiger partial charge in [-0.3, -0.25) is 0 Å². The normalized spacial score (nSPS) is 10.5. The van der Waals surface area contributed by atoms with E-state index in [1.54, 1.807) is 6.20 Å². The van der Waals surface area contributed by atoms with E-state index in [1.165, 1.54) is 0 Å². The highest BCUT2D eigenvalue weighted by molar-refractivity contribution is 9.09. The quantitative estimate of drug-likeness (QED) is 0.771. The second-order valence-electron chi connectivity index (χ2n) is 3.60. The topological polar surface area (TPSA) is 25.4 Å². The van der Waals surface area contributed by atoms with Gasteiger partial charge in [-0.2, -0.15) is 0 Å². The van der Waals surface area contributed by atoms with Gasteiger partial charge in [0.1, 0.15) is 0 Å². The summed E-state index contributed by atoms with van der Waals surface area (Å²) in [5, 5.41) is 0.918. The number of pyridine rings is 1. The third kappa shape index (κ3) is 3.70. The van der Waals surface area contributed by atoms with Crippen molar-refractivity contribution < 1.29 is 4.74 Å². The predicted octanol–water partition coefficient (Wildman–Crippen LogP) is 2.70. The molecule has 0 saturated carbocycles. The lowest BCUT2D eigenvalue weighted by atomic mass is 10.4. The van der Waals surface area contributed by atoms with Crippen molar-refractivity contribution in [3.63, 3.8) is 0 Å². The predicted molar refractivity (Wildman–Crippen MR) is 67.1 cm³/mol. The number of anilines is 1. The van der Waals surface area contributed by atoms with Gasteiger partial charge in [0.15, 0.2) is 11.6 Å². The summed E-state index contributed by atoms with van der Waals surface area (Å²) in [5.74, 6) is 1.74. The van der Waals surface area contributed by atoms with E-state index in [4.69, 9.17) is 4.74 Å². The van der Waals surface area contributed by atoms with E-state index in [-0.39, 0.29) is 6.10 Å². The van der Waals surface area contributed by atoms with E-state index in [0.29, 0.717) is 0 Å². The molecule has 0 atom stereocenters. The maximum absolute atomic E-state index is 5.69. The average molecular weight is 273 g/mol. The molecule has 4 heteroatoms. The molecule has 1 aromatic heterocycles. The van der Waals surface area contributed by atoms with Crippen molar-refractivity contribution in [2.24, 2.45) is 0 Å². The van der Waals surface area contributed by atoms with Gasteiger partial charge in [-0.15, -0.1) is 0 Å². The minimum absolute atomic E-state index is 0.172. The van der Waals surface area contributed by atoms with Crippen molar-refractivity contribution in [1.82, 2.24) is 4.98 Å². The van der Waals surface area contributed by atoms with E-state index in [2.05, 4.69) is 25.8 Å². The van der Waals surface area contributed by atoms with Crippen LogP contribution in [0.5, 0.6) is 5.75 Å². The van der Waals surface area contributed by atoms with Crippen LogP contribution in [0.25, 0.3) is 0 Å². The van der Waals surface area contributed by atoms with Crippen LogP contribution in [0.2, 0.25) is 0 Å². The molecular formula is C11H17BrN2O. The standard InChI is InChI=1S/C11H17BrN2O/c1-9(2)15-10-5-4-7-13-11(10)14(3)8-6-12/h4-5,7,9H,6,8H2,1-3H3. The Morgan fingerprint density at radius 2 is 2.27 bits per heavy atom. The highest BCUT2D eigenvalue weighted by atomic mass is 79.9. The number of hydrogen-bond acceptors (Lipinski definition) is 3. The van der Waals surface area contributed by atoms with Gasteiger partial charge >= 0.3 is 0 Å². The molecule has 84 valence electrons. The van der Waals surface area contributed by atoms with Gasteiger partial charge in [-0.1, -0.05) is 15.9 Å². The lowest BCUT2D eigenvalue weighted by molar-refractivity contribution is 0.242. The second kappa shape index (κ2) is 5.95. The Kier molecular flexibility index (Phi) is 4.88. The van der Waals surface area contributed by atoms with Crippen molar-refractivity contribution in [2.75, 3.05) is 23.8 Å². The van der Waals surface area contributed by atoms with E-state index >= 15 is 0 Å². The molecule has 0 unspecified atom stereocenters. The summed E-state index contributed by atoms with van der Waals surface area (Å²) in [7, 11) is 2.01. The molecule has 1 aromatic rings. The Labute approximate surface area is 99.6 Å². The van der Waals surface area contributed by atoms with Crippen LogP contribution in [0.15, 0.2) is 18.3 Å². The van der Waals surface area contributed by atoms with Crippen molar-refractivity contribution in [3.8, 4) is 5.75 Å². The van der Waals surface area contributed by atoms with Crippen LogP contribution in [0.3, 0.4) is 0 Å². The largest absolute Gasteiger partial charge is 0.487 e. The van der Waals surface area contributed by atoms with Crippen molar-refractivity contribution in [2.45, 2.75) is 20.0 Å². The zero-order valence-electron chi connectivity index (χ0n) is 9.40. The summed E-state index contributed by atoms with van der Waals surface area (Å²) in [5.41, 5.74) is 0. The molecule has 0 saturated heterocycles. The van der Waals surface area contributed by atoms with Crippen molar-refractivity contribution >= 4 is 21.7 Å². The Morgan fingerprint density at radius 1 is 1.53 bits per heavy atom. The molecule has 0 bridgehead atoms. The first kappa shape index (κ1) is 12.3. The molecule has 3 nitrogen and oxygen atoms in total. The maximum Gasteiger partial charge on any atom is 0.171 e.